The lowest BCUT2D eigenvalue weighted by Crippen LogP contribution is -2.47. The normalized spacial score (nSPS) is 15.0. The van der Waals surface area contributed by atoms with Gasteiger partial charge in [0.1, 0.15) is 17.8 Å². The maximum absolute atomic E-state index is 13.0. The number of nitrogens with two attached hydrogens (primary N) is 1. The highest BCUT2D eigenvalue weighted by Crippen LogP contribution is 2.27. The quantitative estimate of drug-likeness (QED) is 0.821. The van der Waals surface area contributed by atoms with Gasteiger partial charge in [0.05, 0.1) is 0 Å². The number of aromatic nitrogens is 2. The second-order valence-corrected chi connectivity index (χ2v) is 5.92. The van der Waals surface area contributed by atoms with Crippen LogP contribution in [0.4, 0.5) is 27.4 Å². The zero-order chi connectivity index (χ0) is 17.1. The lowest BCUT2D eigenvalue weighted by molar-refractivity contribution is 0.492. The number of hydrazine groups is 1. The molecule has 1 aliphatic rings. The summed E-state index contributed by atoms with van der Waals surface area (Å²) >= 11 is 0. The topological polar surface area (TPSA) is 73.5 Å². The van der Waals surface area contributed by atoms with Gasteiger partial charge in [-0.3, -0.25) is 0 Å². The first kappa shape index (κ1) is 16.3. The van der Waals surface area contributed by atoms with Crippen LogP contribution >= 0.6 is 0 Å². The van der Waals surface area contributed by atoms with E-state index in [1.165, 1.54) is 18.5 Å². The van der Waals surface area contributed by atoms with Crippen molar-refractivity contribution in [2.24, 2.45) is 0 Å². The highest BCUT2D eigenvalue weighted by molar-refractivity contribution is 5.74. The van der Waals surface area contributed by atoms with Crippen molar-refractivity contribution in [3.63, 3.8) is 0 Å². The van der Waals surface area contributed by atoms with Crippen molar-refractivity contribution in [1.29, 1.82) is 0 Å². The molecule has 2 heterocycles. The van der Waals surface area contributed by atoms with Crippen molar-refractivity contribution in [3.8, 4) is 0 Å². The van der Waals surface area contributed by atoms with Crippen LogP contribution in [-0.2, 0) is 0 Å². The fourth-order valence-electron chi connectivity index (χ4n) is 2.77. The number of nitrogen functional groups attached to an aromatic ring is 1. The van der Waals surface area contributed by atoms with Crippen LogP contribution in [-0.4, -0.2) is 55.3 Å². The minimum absolute atomic E-state index is 0.216. The number of rotatable bonds is 4. The lowest BCUT2D eigenvalue weighted by Gasteiger charge is -2.37. The zero-order valence-electron chi connectivity index (χ0n) is 13.9. The molecule has 2 aromatic rings. The van der Waals surface area contributed by atoms with Gasteiger partial charge in [-0.1, -0.05) is 0 Å². The van der Waals surface area contributed by atoms with E-state index < -0.39 is 0 Å². The fourth-order valence-corrected chi connectivity index (χ4v) is 2.77. The molecule has 3 rings (SSSR count). The first-order valence-corrected chi connectivity index (χ1v) is 7.84. The van der Waals surface area contributed by atoms with Crippen molar-refractivity contribution in [3.05, 3.63) is 36.4 Å². The molecular formula is C16H22FN7. The fraction of sp³-hybridized carbons (Fsp3) is 0.375. The minimum Gasteiger partial charge on any atom is -0.393 e. The Kier molecular flexibility index (Phi) is 4.66. The average molecular weight is 331 g/mol. The van der Waals surface area contributed by atoms with Crippen LogP contribution in [0.3, 0.4) is 0 Å². The third-order valence-corrected chi connectivity index (χ3v) is 3.96. The van der Waals surface area contributed by atoms with E-state index in [-0.39, 0.29) is 5.82 Å². The molecule has 0 amide bonds. The molecule has 0 atom stereocenters. The maximum Gasteiger partial charge on any atom is 0.169 e. The average Bonchev–Trinajstić information content (AvgIpc) is 2.57. The van der Waals surface area contributed by atoms with Crippen LogP contribution in [0, 0.1) is 5.82 Å². The Labute approximate surface area is 140 Å². The van der Waals surface area contributed by atoms with Gasteiger partial charge in [0, 0.05) is 46.0 Å². The van der Waals surface area contributed by atoms with E-state index in [1.54, 1.807) is 5.01 Å². The van der Waals surface area contributed by atoms with Crippen LogP contribution in [0.1, 0.15) is 0 Å². The summed E-state index contributed by atoms with van der Waals surface area (Å²) in [5, 5.41) is 1.79. The van der Waals surface area contributed by atoms with Crippen molar-refractivity contribution in [2.45, 2.75) is 0 Å². The molecule has 24 heavy (non-hydrogen) atoms. The first-order valence-electron chi connectivity index (χ1n) is 7.84. The molecule has 0 unspecified atom stereocenters. The second-order valence-electron chi connectivity index (χ2n) is 5.92. The summed E-state index contributed by atoms with van der Waals surface area (Å²) in [6.07, 6.45) is 1.52. The standard InChI is InChI=1S/C16H22FN7/c1-22(2)21-15-14(18)16(20-11-19-15)24-9-7-23(8-10-24)13-5-3-12(17)4-6-13/h3-6,11H,7-10,18H2,1-2H3,(H,19,20,21). The summed E-state index contributed by atoms with van der Waals surface area (Å²) in [7, 11) is 3.76. The molecule has 7 nitrogen and oxygen atoms in total. The van der Waals surface area contributed by atoms with Crippen molar-refractivity contribution >= 4 is 23.0 Å². The molecule has 1 aromatic carbocycles. The third-order valence-electron chi connectivity index (χ3n) is 3.96. The van der Waals surface area contributed by atoms with E-state index in [0.717, 1.165) is 37.7 Å². The molecule has 128 valence electrons. The van der Waals surface area contributed by atoms with Gasteiger partial charge in [-0.15, -0.1) is 0 Å². The molecule has 1 aromatic heterocycles. The zero-order valence-corrected chi connectivity index (χ0v) is 13.9. The van der Waals surface area contributed by atoms with Crippen molar-refractivity contribution in [2.75, 3.05) is 61.2 Å². The molecule has 0 saturated carbocycles. The lowest BCUT2D eigenvalue weighted by atomic mass is 10.2. The van der Waals surface area contributed by atoms with Gasteiger partial charge >= 0.3 is 0 Å². The number of hydrogen-bond donors (Lipinski definition) is 2. The summed E-state index contributed by atoms with van der Waals surface area (Å²) in [6.45, 7) is 3.23. The van der Waals surface area contributed by atoms with Gasteiger partial charge in [-0.25, -0.2) is 19.4 Å². The molecule has 1 fully saturated rings. The van der Waals surface area contributed by atoms with Gasteiger partial charge in [0.25, 0.3) is 0 Å². The summed E-state index contributed by atoms with van der Waals surface area (Å²) in [4.78, 5) is 12.9. The molecule has 0 aliphatic carbocycles. The van der Waals surface area contributed by atoms with Crippen LogP contribution in [0.5, 0.6) is 0 Å². The van der Waals surface area contributed by atoms with Gasteiger partial charge < -0.3 is 21.0 Å². The molecule has 3 N–H and O–H groups in total. The minimum atomic E-state index is -0.216. The largest absolute Gasteiger partial charge is 0.393 e. The Morgan fingerprint density at radius 1 is 1.04 bits per heavy atom. The second kappa shape index (κ2) is 6.88. The predicted molar refractivity (Wildman–Crippen MR) is 94.6 cm³/mol. The van der Waals surface area contributed by atoms with Crippen molar-refractivity contribution in [1.82, 2.24) is 15.0 Å². The Bertz CT molecular complexity index is 681. The van der Waals surface area contributed by atoms with E-state index in [1.807, 2.05) is 26.2 Å². The van der Waals surface area contributed by atoms with E-state index in [0.29, 0.717) is 11.5 Å². The number of nitrogens with one attached hydrogen (secondary N) is 1. The summed E-state index contributed by atoms with van der Waals surface area (Å²) in [6, 6.07) is 6.60. The third kappa shape index (κ3) is 3.48. The highest BCUT2D eigenvalue weighted by atomic mass is 19.1. The first-order chi connectivity index (χ1) is 11.5. The Balaban J connectivity index is 1.69. The van der Waals surface area contributed by atoms with Crippen molar-refractivity contribution < 1.29 is 4.39 Å². The van der Waals surface area contributed by atoms with Gasteiger partial charge in [0.2, 0.25) is 0 Å². The SMILES string of the molecule is CN(C)Nc1ncnc(N2CCN(c3ccc(F)cc3)CC2)c1N. The summed E-state index contributed by atoms with van der Waals surface area (Å²) in [5.74, 6) is 1.13. The van der Waals surface area contributed by atoms with E-state index >= 15 is 0 Å². The molecule has 1 aliphatic heterocycles. The van der Waals surface area contributed by atoms with E-state index in [9.17, 15) is 4.39 Å². The molecular weight excluding hydrogens is 309 g/mol. The van der Waals surface area contributed by atoms with Crippen LogP contribution in [0.25, 0.3) is 0 Å². The van der Waals surface area contributed by atoms with Gasteiger partial charge in [0.15, 0.2) is 11.6 Å². The monoisotopic (exact) mass is 331 g/mol. The molecule has 8 heteroatoms. The number of halogens is 1. The molecule has 0 radical (unpaired) electrons. The summed E-state index contributed by atoms with van der Waals surface area (Å²) < 4.78 is 13.0. The number of nitrogens with zero attached hydrogens (tertiary/aromatic N) is 5. The molecule has 0 bridgehead atoms. The Morgan fingerprint density at radius 3 is 2.29 bits per heavy atom. The number of hydrogen-bond acceptors (Lipinski definition) is 7. The molecule has 1 saturated heterocycles. The van der Waals surface area contributed by atoms with Crippen LogP contribution < -0.4 is 21.0 Å². The highest BCUT2D eigenvalue weighted by Gasteiger charge is 2.21. The number of piperazine rings is 1. The van der Waals surface area contributed by atoms with Gasteiger partial charge in [-0.2, -0.15) is 0 Å². The number of anilines is 4. The van der Waals surface area contributed by atoms with E-state index in [2.05, 4.69) is 25.2 Å². The Morgan fingerprint density at radius 2 is 1.67 bits per heavy atom. The van der Waals surface area contributed by atoms with E-state index in [4.69, 9.17) is 5.73 Å². The maximum atomic E-state index is 13.0. The number of benzene rings is 1. The van der Waals surface area contributed by atoms with Crippen LogP contribution in [0.15, 0.2) is 30.6 Å². The van der Waals surface area contributed by atoms with Crippen LogP contribution in [0.2, 0.25) is 0 Å². The van der Waals surface area contributed by atoms with Gasteiger partial charge in [-0.05, 0) is 24.3 Å². The molecule has 0 spiro atoms. The smallest absolute Gasteiger partial charge is 0.169 e. The Hall–Kier alpha value is -2.61. The predicted octanol–water partition coefficient (Wildman–Crippen LogP) is 1.41. The summed E-state index contributed by atoms with van der Waals surface area (Å²) in [5.41, 5.74) is 10.9.